The van der Waals surface area contributed by atoms with Crippen molar-refractivity contribution >= 4 is 11.8 Å². The van der Waals surface area contributed by atoms with Gasteiger partial charge in [0.05, 0.1) is 12.2 Å². The van der Waals surface area contributed by atoms with Crippen molar-refractivity contribution in [3.63, 3.8) is 0 Å². The highest BCUT2D eigenvalue weighted by atomic mass is 19.1. The number of amides is 2. The molecule has 1 aliphatic rings. The number of hydrogen-bond donors (Lipinski definition) is 1. The fraction of sp³-hybridized carbons (Fsp3) is 0.278. The summed E-state index contributed by atoms with van der Waals surface area (Å²) >= 11 is 0. The van der Waals surface area contributed by atoms with Gasteiger partial charge >= 0.3 is 0 Å². The van der Waals surface area contributed by atoms with Gasteiger partial charge in [0.1, 0.15) is 11.9 Å². The normalized spacial score (nSPS) is 17.1. The quantitative estimate of drug-likeness (QED) is 0.914. The zero-order valence-corrected chi connectivity index (χ0v) is 13.1. The number of nitrogens with one attached hydrogen (secondary N) is 1. The lowest BCUT2D eigenvalue weighted by Crippen LogP contribution is -2.44. The molecule has 2 heterocycles. The van der Waals surface area contributed by atoms with Gasteiger partial charge in [-0.05, 0) is 36.2 Å². The first kappa shape index (κ1) is 16.1. The highest BCUT2D eigenvalue weighted by Crippen LogP contribution is 2.22. The Morgan fingerprint density at radius 1 is 1.25 bits per heavy atom. The number of hydrogen-bond acceptors (Lipinski definition) is 3. The van der Waals surface area contributed by atoms with Crippen LogP contribution in [0.15, 0.2) is 48.7 Å². The van der Waals surface area contributed by atoms with Gasteiger partial charge < -0.3 is 10.2 Å². The Morgan fingerprint density at radius 3 is 2.75 bits per heavy atom. The van der Waals surface area contributed by atoms with E-state index in [2.05, 4.69) is 10.3 Å². The molecule has 5 nitrogen and oxygen atoms in total. The lowest BCUT2D eigenvalue weighted by atomic mass is 10.1. The van der Waals surface area contributed by atoms with Crippen molar-refractivity contribution in [2.24, 2.45) is 0 Å². The van der Waals surface area contributed by atoms with Crippen molar-refractivity contribution in [2.75, 3.05) is 0 Å². The minimum absolute atomic E-state index is 0.0580. The number of rotatable bonds is 5. The van der Waals surface area contributed by atoms with Crippen LogP contribution in [-0.2, 0) is 22.7 Å². The van der Waals surface area contributed by atoms with Gasteiger partial charge in [-0.2, -0.15) is 0 Å². The van der Waals surface area contributed by atoms with E-state index in [-0.39, 0.29) is 17.6 Å². The van der Waals surface area contributed by atoms with Gasteiger partial charge in [-0.3, -0.25) is 14.6 Å². The van der Waals surface area contributed by atoms with Crippen molar-refractivity contribution in [3.05, 3.63) is 65.7 Å². The summed E-state index contributed by atoms with van der Waals surface area (Å²) in [6.45, 7) is 0.634. The van der Waals surface area contributed by atoms with Crippen molar-refractivity contribution in [2.45, 2.75) is 32.0 Å². The molecule has 1 fully saturated rings. The Labute approximate surface area is 139 Å². The van der Waals surface area contributed by atoms with Gasteiger partial charge in [-0.25, -0.2) is 4.39 Å². The smallest absolute Gasteiger partial charge is 0.243 e. The lowest BCUT2D eigenvalue weighted by molar-refractivity contribution is -0.135. The van der Waals surface area contributed by atoms with Gasteiger partial charge in [0, 0.05) is 19.2 Å². The van der Waals surface area contributed by atoms with Crippen LogP contribution in [0, 0.1) is 5.82 Å². The van der Waals surface area contributed by atoms with E-state index in [0.29, 0.717) is 25.9 Å². The molecule has 1 N–H and O–H groups in total. The number of likely N-dealkylation sites (tertiary alicyclic amines) is 1. The van der Waals surface area contributed by atoms with Crippen molar-refractivity contribution < 1.29 is 14.0 Å². The number of nitrogens with zero attached hydrogens (tertiary/aromatic N) is 2. The molecule has 0 saturated carbocycles. The number of aromatic nitrogens is 1. The standard InChI is InChI=1S/C18H18FN3O2/c19-14-6-4-13(5-7-14)12-22-16(8-9-17(22)23)18(24)21-11-15-3-1-2-10-20-15/h1-7,10,16H,8-9,11-12H2,(H,21,24). The number of carbonyl (C=O) groups is 2. The zero-order valence-electron chi connectivity index (χ0n) is 13.1. The predicted molar refractivity (Wildman–Crippen MR) is 86.1 cm³/mol. The third-order valence-electron chi connectivity index (χ3n) is 4.07. The topological polar surface area (TPSA) is 62.3 Å². The molecule has 0 radical (unpaired) electrons. The molecule has 2 amide bonds. The van der Waals surface area contributed by atoms with Crippen LogP contribution in [0.5, 0.6) is 0 Å². The fourth-order valence-electron chi connectivity index (χ4n) is 2.79. The minimum Gasteiger partial charge on any atom is -0.349 e. The van der Waals surface area contributed by atoms with Gasteiger partial charge in [-0.15, -0.1) is 0 Å². The van der Waals surface area contributed by atoms with Crippen LogP contribution in [0.3, 0.4) is 0 Å². The molecule has 2 aromatic rings. The number of pyridine rings is 1. The SMILES string of the molecule is O=C(NCc1ccccn1)C1CCC(=O)N1Cc1ccc(F)cc1. The Morgan fingerprint density at radius 2 is 2.04 bits per heavy atom. The molecule has 1 saturated heterocycles. The first-order valence-electron chi connectivity index (χ1n) is 7.85. The third-order valence-corrected chi connectivity index (χ3v) is 4.07. The van der Waals surface area contributed by atoms with E-state index in [0.717, 1.165) is 11.3 Å². The lowest BCUT2D eigenvalue weighted by Gasteiger charge is -2.24. The second-order valence-electron chi connectivity index (χ2n) is 5.74. The summed E-state index contributed by atoms with van der Waals surface area (Å²) in [5, 5.41) is 2.83. The van der Waals surface area contributed by atoms with Crippen LogP contribution in [0.4, 0.5) is 4.39 Å². The van der Waals surface area contributed by atoms with Gasteiger partial charge in [0.15, 0.2) is 0 Å². The fourth-order valence-corrected chi connectivity index (χ4v) is 2.79. The maximum Gasteiger partial charge on any atom is 0.243 e. The average molecular weight is 327 g/mol. The van der Waals surface area contributed by atoms with Gasteiger partial charge in [0.25, 0.3) is 0 Å². The molecule has 6 heteroatoms. The largest absolute Gasteiger partial charge is 0.349 e. The van der Waals surface area contributed by atoms with Crippen molar-refractivity contribution in [3.8, 4) is 0 Å². The predicted octanol–water partition coefficient (Wildman–Crippen LogP) is 2.03. The molecule has 0 aliphatic carbocycles. The van der Waals surface area contributed by atoms with E-state index in [1.807, 2.05) is 18.2 Å². The Kier molecular flexibility index (Phi) is 4.84. The summed E-state index contributed by atoms with van der Waals surface area (Å²) in [5.41, 5.74) is 1.56. The van der Waals surface area contributed by atoms with Gasteiger partial charge in [-0.1, -0.05) is 18.2 Å². The summed E-state index contributed by atoms with van der Waals surface area (Å²) in [6.07, 6.45) is 2.51. The molecular weight excluding hydrogens is 309 g/mol. The van der Waals surface area contributed by atoms with Crippen molar-refractivity contribution in [1.82, 2.24) is 15.2 Å². The number of carbonyl (C=O) groups excluding carboxylic acids is 2. The summed E-state index contributed by atoms with van der Waals surface area (Å²) < 4.78 is 13.0. The molecule has 0 bridgehead atoms. The van der Waals surface area contributed by atoms with E-state index in [1.165, 1.54) is 12.1 Å². The van der Waals surface area contributed by atoms with Crippen LogP contribution in [-0.4, -0.2) is 27.7 Å². The molecule has 1 aromatic carbocycles. The monoisotopic (exact) mass is 327 g/mol. The first-order chi connectivity index (χ1) is 11.6. The Hall–Kier alpha value is -2.76. The zero-order chi connectivity index (χ0) is 16.9. The van der Waals surface area contributed by atoms with E-state index in [9.17, 15) is 14.0 Å². The first-order valence-corrected chi connectivity index (χ1v) is 7.85. The maximum atomic E-state index is 13.0. The third kappa shape index (κ3) is 3.76. The molecule has 1 aromatic heterocycles. The summed E-state index contributed by atoms with van der Waals surface area (Å²) in [4.78, 5) is 30.2. The molecule has 1 aliphatic heterocycles. The Balaban J connectivity index is 1.63. The highest BCUT2D eigenvalue weighted by molar-refractivity contribution is 5.90. The Bertz CT molecular complexity index is 719. The second kappa shape index (κ2) is 7.21. The van der Waals surface area contributed by atoms with Gasteiger partial charge in [0.2, 0.25) is 11.8 Å². The molecule has 124 valence electrons. The number of halogens is 1. The highest BCUT2D eigenvalue weighted by Gasteiger charge is 2.35. The van der Waals surface area contributed by atoms with Crippen LogP contribution >= 0.6 is 0 Å². The van der Waals surface area contributed by atoms with Crippen molar-refractivity contribution in [1.29, 1.82) is 0 Å². The van der Waals surface area contributed by atoms with Crippen LogP contribution in [0.25, 0.3) is 0 Å². The van der Waals surface area contributed by atoms with E-state index >= 15 is 0 Å². The van der Waals surface area contributed by atoms with E-state index in [4.69, 9.17) is 0 Å². The van der Waals surface area contributed by atoms with E-state index in [1.54, 1.807) is 23.2 Å². The molecule has 3 rings (SSSR count). The van der Waals surface area contributed by atoms with Crippen LogP contribution in [0.2, 0.25) is 0 Å². The molecular formula is C18H18FN3O2. The summed E-state index contributed by atoms with van der Waals surface area (Å²) in [6, 6.07) is 11.0. The molecule has 1 unspecified atom stereocenters. The average Bonchev–Trinajstić information content (AvgIpc) is 2.96. The second-order valence-corrected chi connectivity index (χ2v) is 5.74. The number of benzene rings is 1. The maximum absolute atomic E-state index is 13.0. The minimum atomic E-state index is -0.494. The molecule has 24 heavy (non-hydrogen) atoms. The molecule has 1 atom stereocenters. The van der Waals surface area contributed by atoms with E-state index < -0.39 is 6.04 Å². The van der Waals surface area contributed by atoms with Crippen LogP contribution < -0.4 is 5.32 Å². The summed E-state index contributed by atoms with van der Waals surface area (Å²) in [5.74, 6) is -0.568. The summed E-state index contributed by atoms with van der Waals surface area (Å²) in [7, 11) is 0. The van der Waals surface area contributed by atoms with Crippen LogP contribution in [0.1, 0.15) is 24.1 Å². The molecule has 0 spiro atoms.